The first kappa shape index (κ1) is 13.5. The van der Waals surface area contributed by atoms with Gasteiger partial charge in [0.25, 0.3) is 0 Å². The van der Waals surface area contributed by atoms with Crippen molar-refractivity contribution in [2.75, 3.05) is 5.73 Å². The molecule has 0 spiro atoms. The zero-order valence-electron chi connectivity index (χ0n) is 11.5. The summed E-state index contributed by atoms with van der Waals surface area (Å²) in [5.41, 5.74) is 7.52. The van der Waals surface area contributed by atoms with Crippen LogP contribution < -0.4 is 11.1 Å². The lowest BCUT2D eigenvalue weighted by Crippen LogP contribution is -2.34. The maximum atomic E-state index is 11.9. The van der Waals surface area contributed by atoms with Crippen molar-refractivity contribution in [1.82, 2.24) is 9.88 Å². The molecule has 1 amide bonds. The molecule has 0 aliphatic heterocycles. The van der Waals surface area contributed by atoms with Crippen molar-refractivity contribution in [3.63, 3.8) is 0 Å². The number of fused-ring (bicyclic) bond motifs is 1. The SMILES string of the molecule is CCCC(C)NC(=O)Cn1ccc2cc(N)ccc21. The zero-order valence-corrected chi connectivity index (χ0v) is 11.5. The van der Waals surface area contributed by atoms with Gasteiger partial charge in [-0.15, -0.1) is 0 Å². The fourth-order valence-electron chi connectivity index (χ4n) is 2.34. The third-order valence-corrected chi connectivity index (χ3v) is 3.24. The number of aromatic nitrogens is 1. The minimum atomic E-state index is 0.0512. The number of benzene rings is 1. The highest BCUT2D eigenvalue weighted by Gasteiger charge is 2.09. The van der Waals surface area contributed by atoms with Crippen molar-refractivity contribution in [1.29, 1.82) is 0 Å². The van der Waals surface area contributed by atoms with E-state index in [0.29, 0.717) is 6.54 Å². The molecule has 3 N–H and O–H groups in total. The van der Waals surface area contributed by atoms with E-state index in [0.717, 1.165) is 29.4 Å². The van der Waals surface area contributed by atoms with Gasteiger partial charge in [-0.05, 0) is 37.6 Å². The van der Waals surface area contributed by atoms with Crippen LogP contribution in [0.5, 0.6) is 0 Å². The first-order valence-corrected chi connectivity index (χ1v) is 6.74. The smallest absolute Gasteiger partial charge is 0.240 e. The number of amides is 1. The Labute approximate surface area is 113 Å². The fourth-order valence-corrected chi connectivity index (χ4v) is 2.34. The molecule has 2 rings (SSSR count). The number of carbonyl (C=O) groups is 1. The highest BCUT2D eigenvalue weighted by atomic mass is 16.2. The van der Waals surface area contributed by atoms with E-state index in [9.17, 15) is 4.79 Å². The van der Waals surface area contributed by atoms with Crippen LogP contribution in [-0.2, 0) is 11.3 Å². The van der Waals surface area contributed by atoms with Crippen LogP contribution in [0.2, 0.25) is 0 Å². The predicted octanol–water partition coefficient (Wildman–Crippen LogP) is 2.53. The molecule has 102 valence electrons. The summed E-state index contributed by atoms with van der Waals surface area (Å²) >= 11 is 0. The lowest BCUT2D eigenvalue weighted by molar-refractivity contribution is -0.122. The van der Waals surface area contributed by atoms with Crippen LogP contribution in [0.1, 0.15) is 26.7 Å². The van der Waals surface area contributed by atoms with Gasteiger partial charge in [0, 0.05) is 28.8 Å². The summed E-state index contributed by atoms with van der Waals surface area (Å²) in [5.74, 6) is 0.0512. The van der Waals surface area contributed by atoms with E-state index in [4.69, 9.17) is 5.73 Å². The van der Waals surface area contributed by atoms with Crippen LogP contribution in [0.15, 0.2) is 30.5 Å². The summed E-state index contributed by atoms with van der Waals surface area (Å²) in [4.78, 5) is 11.9. The average Bonchev–Trinajstić information content (AvgIpc) is 2.71. The number of rotatable bonds is 5. The number of nitrogens with two attached hydrogens (primary N) is 1. The second kappa shape index (κ2) is 5.78. The van der Waals surface area contributed by atoms with Crippen LogP contribution in [0, 0.1) is 0 Å². The van der Waals surface area contributed by atoms with Gasteiger partial charge in [-0.3, -0.25) is 4.79 Å². The van der Waals surface area contributed by atoms with Crippen molar-refractivity contribution in [2.24, 2.45) is 0 Å². The van der Waals surface area contributed by atoms with Gasteiger partial charge in [-0.2, -0.15) is 0 Å². The molecule has 0 aliphatic carbocycles. The van der Waals surface area contributed by atoms with E-state index in [-0.39, 0.29) is 11.9 Å². The van der Waals surface area contributed by atoms with Gasteiger partial charge < -0.3 is 15.6 Å². The van der Waals surface area contributed by atoms with E-state index >= 15 is 0 Å². The molecule has 1 aromatic carbocycles. The Morgan fingerprint density at radius 1 is 1.42 bits per heavy atom. The van der Waals surface area contributed by atoms with Crippen molar-refractivity contribution in [3.05, 3.63) is 30.5 Å². The molecule has 19 heavy (non-hydrogen) atoms. The summed E-state index contributed by atoms with van der Waals surface area (Å²) in [5, 5.41) is 4.07. The number of nitrogens with one attached hydrogen (secondary N) is 1. The summed E-state index contributed by atoms with van der Waals surface area (Å²) in [6.07, 6.45) is 4.01. The van der Waals surface area contributed by atoms with Crippen LogP contribution in [0.25, 0.3) is 10.9 Å². The van der Waals surface area contributed by atoms with Crippen molar-refractivity contribution in [3.8, 4) is 0 Å². The van der Waals surface area contributed by atoms with Gasteiger partial charge in [-0.25, -0.2) is 0 Å². The van der Waals surface area contributed by atoms with Crippen LogP contribution in [0.4, 0.5) is 5.69 Å². The van der Waals surface area contributed by atoms with Crippen molar-refractivity contribution >= 4 is 22.5 Å². The van der Waals surface area contributed by atoms with Gasteiger partial charge in [-0.1, -0.05) is 13.3 Å². The third-order valence-electron chi connectivity index (χ3n) is 3.24. The number of carbonyl (C=O) groups excluding carboxylic acids is 1. The fraction of sp³-hybridized carbons (Fsp3) is 0.400. The van der Waals surface area contributed by atoms with E-state index in [1.807, 2.05) is 42.0 Å². The van der Waals surface area contributed by atoms with E-state index in [1.165, 1.54) is 0 Å². The normalized spacial score (nSPS) is 12.5. The zero-order chi connectivity index (χ0) is 13.8. The average molecular weight is 259 g/mol. The molecular weight excluding hydrogens is 238 g/mol. The standard InChI is InChI=1S/C15H21N3O/c1-3-4-11(2)17-15(19)10-18-8-7-12-9-13(16)5-6-14(12)18/h5-9,11H,3-4,10,16H2,1-2H3,(H,17,19). The molecule has 0 saturated carbocycles. The molecular formula is C15H21N3O. The number of hydrogen-bond acceptors (Lipinski definition) is 2. The highest BCUT2D eigenvalue weighted by molar-refractivity contribution is 5.85. The molecule has 4 heteroatoms. The Morgan fingerprint density at radius 2 is 2.21 bits per heavy atom. The summed E-state index contributed by atoms with van der Waals surface area (Å²) in [6, 6.07) is 7.94. The Morgan fingerprint density at radius 3 is 2.95 bits per heavy atom. The molecule has 0 fully saturated rings. The summed E-state index contributed by atoms with van der Waals surface area (Å²) in [6.45, 7) is 4.50. The van der Waals surface area contributed by atoms with Crippen molar-refractivity contribution in [2.45, 2.75) is 39.3 Å². The molecule has 0 bridgehead atoms. The molecule has 1 unspecified atom stereocenters. The Balaban J connectivity index is 2.07. The van der Waals surface area contributed by atoms with E-state index in [2.05, 4.69) is 12.2 Å². The molecule has 1 atom stereocenters. The minimum Gasteiger partial charge on any atom is -0.399 e. The number of nitrogen functional groups attached to an aromatic ring is 1. The Bertz CT molecular complexity index is 574. The molecule has 0 aliphatic rings. The first-order chi connectivity index (χ1) is 9.10. The predicted molar refractivity (Wildman–Crippen MR) is 78.9 cm³/mol. The van der Waals surface area contributed by atoms with Gasteiger partial charge in [0.1, 0.15) is 6.54 Å². The lowest BCUT2D eigenvalue weighted by atomic mass is 10.2. The Hall–Kier alpha value is -1.97. The van der Waals surface area contributed by atoms with Crippen LogP contribution >= 0.6 is 0 Å². The molecule has 1 heterocycles. The summed E-state index contributed by atoms with van der Waals surface area (Å²) in [7, 11) is 0. The molecule has 0 radical (unpaired) electrons. The first-order valence-electron chi connectivity index (χ1n) is 6.74. The van der Waals surface area contributed by atoms with Crippen LogP contribution in [-0.4, -0.2) is 16.5 Å². The van der Waals surface area contributed by atoms with Crippen LogP contribution in [0.3, 0.4) is 0 Å². The number of hydrogen-bond donors (Lipinski definition) is 2. The topological polar surface area (TPSA) is 60.0 Å². The second-order valence-electron chi connectivity index (χ2n) is 5.02. The molecule has 1 aromatic heterocycles. The maximum Gasteiger partial charge on any atom is 0.240 e. The third kappa shape index (κ3) is 3.28. The quantitative estimate of drug-likeness (QED) is 0.811. The second-order valence-corrected chi connectivity index (χ2v) is 5.02. The molecule has 2 aromatic rings. The van der Waals surface area contributed by atoms with Gasteiger partial charge >= 0.3 is 0 Å². The highest BCUT2D eigenvalue weighted by Crippen LogP contribution is 2.18. The minimum absolute atomic E-state index is 0.0512. The summed E-state index contributed by atoms with van der Waals surface area (Å²) < 4.78 is 1.95. The van der Waals surface area contributed by atoms with E-state index < -0.39 is 0 Å². The van der Waals surface area contributed by atoms with Gasteiger partial charge in [0.15, 0.2) is 0 Å². The maximum absolute atomic E-state index is 11.9. The van der Waals surface area contributed by atoms with Crippen molar-refractivity contribution < 1.29 is 4.79 Å². The van der Waals surface area contributed by atoms with E-state index in [1.54, 1.807) is 0 Å². The largest absolute Gasteiger partial charge is 0.399 e. The number of nitrogens with zero attached hydrogens (tertiary/aromatic N) is 1. The Kier molecular flexibility index (Phi) is 4.10. The monoisotopic (exact) mass is 259 g/mol. The lowest BCUT2D eigenvalue weighted by Gasteiger charge is -2.13. The molecule has 0 saturated heterocycles. The van der Waals surface area contributed by atoms with Gasteiger partial charge in [0.05, 0.1) is 0 Å². The molecule has 4 nitrogen and oxygen atoms in total. The van der Waals surface area contributed by atoms with Gasteiger partial charge in [0.2, 0.25) is 5.91 Å². The number of anilines is 1.